The first kappa shape index (κ1) is 12.5. The summed E-state index contributed by atoms with van der Waals surface area (Å²) in [5.41, 5.74) is 6.28. The van der Waals surface area contributed by atoms with E-state index in [9.17, 15) is 0 Å². The van der Waals surface area contributed by atoms with E-state index in [0.717, 1.165) is 5.82 Å². The van der Waals surface area contributed by atoms with E-state index >= 15 is 0 Å². The zero-order valence-corrected chi connectivity index (χ0v) is 11.5. The van der Waals surface area contributed by atoms with Crippen LogP contribution in [0.2, 0.25) is 0 Å². The lowest BCUT2D eigenvalue weighted by molar-refractivity contribution is 0.255. The van der Waals surface area contributed by atoms with E-state index in [1.165, 1.54) is 50.7 Å². The second-order valence-electron chi connectivity index (χ2n) is 5.42. The van der Waals surface area contributed by atoms with Gasteiger partial charge in [-0.3, -0.25) is 0 Å². The standard InChI is InChI=1S/C13H21N3OS/c14-11(9-5-2-1-3-6-9)13-15-12(16-17-13)10-7-4-8-18-10/h9-11H,1-8,14H2. The molecule has 0 radical (unpaired) electrons. The zero-order chi connectivity index (χ0) is 12.4. The van der Waals surface area contributed by atoms with Crippen molar-refractivity contribution >= 4 is 11.8 Å². The van der Waals surface area contributed by atoms with Crippen LogP contribution >= 0.6 is 11.8 Å². The summed E-state index contributed by atoms with van der Waals surface area (Å²) in [4.78, 5) is 4.54. The third-order valence-corrected chi connectivity index (χ3v) is 5.49. The van der Waals surface area contributed by atoms with Gasteiger partial charge in [0.25, 0.3) is 0 Å². The van der Waals surface area contributed by atoms with E-state index in [-0.39, 0.29) is 6.04 Å². The topological polar surface area (TPSA) is 64.9 Å². The Morgan fingerprint density at radius 2 is 2.00 bits per heavy atom. The van der Waals surface area contributed by atoms with Gasteiger partial charge in [-0.2, -0.15) is 16.7 Å². The van der Waals surface area contributed by atoms with E-state index in [0.29, 0.717) is 17.1 Å². The van der Waals surface area contributed by atoms with Gasteiger partial charge < -0.3 is 10.3 Å². The molecular formula is C13H21N3OS. The van der Waals surface area contributed by atoms with Crippen molar-refractivity contribution in [3.8, 4) is 0 Å². The molecule has 2 atom stereocenters. The minimum atomic E-state index is -0.0575. The predicted molar refractivity (Wildman–Crippen MR) is 72.2 cm³/mol. The Bertz CT molecular complexity index is 383. The van der Waals surface area contributed by atoms with Crippen molar-refractivity contribution in [1.29, 1.82) is 0 Å². The van der Waals surface area contributed by atoms with Crippen molar-refractivity contribution in [2.45, 2.75) is 56.2 Å². The Morgan fingerprint density at radius 3 is 2.72 bits per heavy atom. The summed E-state index contributed by atoms with van der Waals surface area (Å²) in [7, 11) is 0. The molecule has 2 N–H and O–H groups in total. The largest absolute Gasteiger partial charge is 0.338 e. The van der Waals surface area contributed by atoms with Gasteiger partial charge in [0.05, 0.1) is 11.3 Å². The molecule has 0 spiro atoms. The summed E-state index contributed by atoms with van der Waals surface area (Å²) in [5.74, 6) is 3.26. The molecule has 1 aromatic heterocycles. The van der Waals surface area contributed by atoms with Gasteiger partial charge >= 0.3 is 0 Å². The molecule has 4 nitrogen and oxygen atoms in total. The lowest BCUT2D eigenvalue weighted by Crippen LogP contribution is -2.23. The normalized spacial score (nSPS) is 27.5. The number of nitrogens with zero attached hydrogens (tertiary/aromatic N) is 2. The molecule has 2 fully saturated rings. The van der Waals surface area contributed by atoms with Crippen LogP contribution in [-0.2, 0) is 0 Å². The highest BCUT2D eigenvalue weighted by Gasteiger charge is 2.28. The first-order valence-corrected chi connectivity index (χ1v) is 8.10. The first-order valence-electron chi connectivity index (χ1n) is 7.05. The molecular weight excluding hydrogens is 246 g/mol. The summed E-state index contributed by atoms with van der Waals surface area (Å²) in [6.07, 6.45) is 8.76. The zero-order valence-electron chi connectivity index (χ0n) is 10.7. The SMILES string of the molecule is NC(c1nc(C2CCCS2)no1)C1CCCCC1. The van der Waals surface area contributed by atoms with E-state index in [2.05, 4.69) is 10.1 Å². The molecule has 1 aliphatic heterocycles. The highest BCUT2D eigenvalue weighted by molar-refractivity contribution is 7.99. The fraction of sp³-hybridized carbons (Fsp3) is 0.846. The van der Waals surface area contributed by atoms with Gasteiger partial charge in [0.2, 0.25) is 5.89 Å². The van der Waals surface area contributed by atoms with Crippen LogP contribution in [0, 0.1) is 5.92 Å². The monoisotopic (exact) mass is 267 g/mol. The van der Waals surface area contributed by atoms with Gasteiger partial charge in [-0.15, -0.1) is 0 Å². The van der Waals surface area contributed by atoms with Crippen molar-refractivity contribution in [3.05, 3.63) is 11.7 Å². The minimum Gasteiger partial charge on any atom is -0.338 e. The molecule has 0 bridgehead atoms. The molecule has 2 unspecified atom stereocenters. The molecule has 5 heteroatoms. The molecule has 1 aliphatic carbocycles. The average molecular weight is 267 g/mol. The summed E-state index contributed by atoms with van der Waals surface area (Å²) in [6, 6.07) is -0.0575. The summed E-state index contributed by atoms with van der Waals surface area (Å²) >= 11 is 1.93. The van der Waals surface area contributed by atoms with Crippen LogP contribution in [0.15, 0.2) is 4.52 Å². The maximum absolute atomic E-state index is 6.28. The summed E-state index contributed by atoms with van der Waals surface area (Å²) < 4.78 is 5.39. The molecule has 1 saturated heterocycles. The van der Waals surface area contributed by atoms with Crippen molar-refractivity contribution < 1.29 is 4.52 Å². The second kappa shape index (κ2) is 5.61. The van der Waals surface area contributed by atoms with E-state index in [1.807, 2.05) is 11.8 Å². The minimum absolute atomic E-state index is 0.0575. The number of hydrogen-bond acceptors (Lipinski definition) is 5. The predicted octanol–water partition coefficient (Wildman–Crippen LogP) is 3.22. The smallest absolute Gasteiger partial charge is 0.243 e. The Labute approximate surface area is 112 Å². The lowest BCUT2D eigenvalue weighted by atomic mass is 9.84. The fourth-order valence-corrected chi connectivity index (χ4v) is 4.19. The van der Waals surface area contributed by atoms with Crippen molar-refractivity contribution in [3.63, 3.8) is 0 Å². The maximum atomic E-state index is 6.28. The quantitative estimate of drug-likeness (QED) is 0.911. The molecule has 100 valence electrons. The molecule has 2 aliphatic rings. The van der Waals surface area contributed by atoms with Crippen LogP contribution in [0.25, 0.3) is 0 Å². The molecule has 0 aromatic carbocycles. The summed E-state index contributed by atoms with van der Waals surface area (Å²) in [5, 5.41) is 4.56. The van der Waals surface area contributed by atoms with E-state index in [4.69, 9.17) is 10.3 Å². The Kier molecular flexibility index (Phi) is 3.89. The van der Waals surface area contributed by atoms with Crippen LogP contribution in [0.1, 0.15) is 68.0 Å². The van der Waals surface area contributed by atoms with Gasteiger partial charge in [-0.05, 0) is 37.4 Å². The fourth-order valence-electron chi connectivity index (χ4n) is 2.99. The second-order valence-corrected chi connectivity index (χ2v) is 6.73. The van der Waals surface area contributed by atoms with E-state index in [1.54, 1.807) is 0 Å². The van der Waals surface area contributed by atoms with Crippen LogP contribution in [0.4, 0.5) is 0 Å². The summed E-state index contributed by atoms with van der Waals surface area (Å²) in [6.45, 7) is 0. The van der Waals surface area contributed by atoms with Crippen LogP contribution in [0.3, 0.4) is 0 Å². The van der Waals surface area contributed by atoms with E-state index < -0.39 is 0 Å². The van der Waals surface area contributed by atoms with Crippen molar-refractivity contribution in [2.75, 3.05) is 5.75 Å². The lowest BCUT2D eigenvalue weighted by Gasteiger charge is -2.24. The van der Waals surface area contributed by atoms with Crippen molar-refractivity contribution in [1.82, 2.24) is 10.1 Å². The Balaban J connectivity index is 1.67. The van der Waals surface area contributed by atoms with Crippen LogP contribution in [-0.4, -0.2) is 15.9 Å². The van der Waals surface area contributed by atoms with Gasteiger partial charge in [0, 0.05) is 0 Å². The Morgan fingerprint density at radius 1 is 1.17 bits per heavy atom. The molecule has 0 amide bonds. The van der Waals surface area contributed by atoms with Crippen LogP contribution in [0.5, 0.6) is 0 Å². The third-order valence-electron chi connectivity index (χ3n) is 4.12. The van der Waals surface area contributed by atoms with Gasteiger partial charge in [0.15, 0.2) is 5.82 Å². The first-order chi connectivity index (χ1) is 8.84. The molecule has 2 heterocycles. The number of hydrogen-bond donors (Lipinski definition) is 1. The number of aromatic nitrogens is 2. The number of rotatable bonds is 3. The van der Waals surface area contributed by atoms with Gasteiger partial charge in [0.1, 0.15) is 0 Å². The average Bonchev–Trinajstić information content (AvgIpc) is 3.09. The van der Waals surface area contributed by atoms with Gasteiger partial charge in [-0.25, -0.2) is 0 Å². The highest BCUT2D eigenvalue weighted by Crippen LogP contribution is 2.39. The molecule has 1 aromatic rings. The molecule has 18 heavy (non-hydrogen) atoms. The highest BCUT2D eigenvalue weighted by atomic mass is 32.2. The van der Waals surface area contributed by atoms with Gasteiger partial charge in [-0.1, -0.05) is 24.4 Å². The van der Waals surface area contributed by atoms with Crippen molar-refractivity contribution in [2.24, 2.45) is 11.7 Å². The Hall–Kier alpha value is -0.550. The third kappa shape index (κ3) is 2.57. The number of nitrogens with two attached hydrogens (primary N) is 1. The number of thioether (sulfide) groups is 1. The van der Waals surface area contributed by atoms with Crippen LogP contribution < -0.4 is 5.73 Å². The molecule has 3 rings (SSSR count). The molecule has 1 saturated carbocycles. The maximum Gasteiger partial charge on any atom is 0.243 e.